The number of nitrogens with one attached hydrogen (secondary N) is 1. The highest BCUT2D eigenvalue weighted by Crippen LogP contribution is 2.22. The molecule has 0 saturated carbocycles. The maximum absolute atomic E-state index is 11.8. The Hall–Kier alpha value is -1.75. The monoisotopic (exact) mass is 267 g/mol. The number of rotatable bonds is 4. The summed E-state index contributed by atoms with van der Waals surface area (Å²) in [6, 6.07) is 3.72. The summed E-state index contributed by atoms with van der Waals surface area (Å²) in [5.41, 5.74) is -0.0416. The van der Waals surface area contributed by atoms with Crippen molar-refractivity contribution in [2.45, 2.75) is 33.3 Å². The molecule has 0 saturated heterocycles. The second-order valence-corrected chi connectivity index (χ2v) is 5.83. The van der Waals surface area contributed by atoms with E-state index >= 15 is 0 Å². The van der Waals surface area contributed by atoms with E-state index in [0.29, 0.717) is 6.42 Å². The zero-order chi connectivity index (χ0) is 14.6. The van der Waals surface area contributed by atoms with Crippen LogP contribution in [0.3, 0.4) is 0 Å². The summed E-state index contributed by atoms with van der Waals surface area (Å²) in [6.45, 7) is 6.10. The molecule has 0 aliphatic rings. The Labute approximate surface area is 112 Å². The van der Waals surface area contributed by atoms with E-state index in [1.807, 2.05) is 20.8 Å². The Morgan fingerprint density at radius 2 is 1.95 bits per heavy atom. The van der Waals surface area contributed by atoms with Crippen molar-refractivity contribution in [3.05, 3.63) is 23.8 Å². The number of benzene rings is 1. The summed E-state index contributed by atoms with van der Waals surface area (Å²) in [7, 11) is 0. The number of aliphatic hydroxyl groups is 1. The Morgan fingerprint density at radius 3 is 2.53 bits per heavy atom. The van der Waals surface area contributed by atoms with Crippen LogP contribution in [0.1, 0.15) is 37.6 Å². The molecule has 5 nitrogen and oxygen atoms in total. The molecule has 0 spiro atoms. The van der Waals surface area contributed by atoms with E-state index in [2.05, 4.69) is 5.32 Å². The van der Waals surface area contributed by atoms with Gasteiger partial charge < -0.3 is 20.6 Å². The van der Waals surface area contributed by atoms with Gasteiger partial charge in [-0.3, -0.25) is 4.79 Å². The summed E-state index contributed by atoms with van der Waals surface area (Å²) < 4.78 is 0. The molecule has 0 aromatic heterocycles. The number of aliphatic hydroxyl groups excluding tert-OH is 1. The van der Waals surface area contributed by atoms with Crippen molar-refractivity contribution in [1.29, 1.82) is 0 Å². The highest BCUT2D eigenvalue weighted by Gasteiger charge is 2.18. The van der Waals surface area contributed by atoms with Crippen LogP contribution < -0.4 is 5.32 Å². The van der Waals surface area contributed by atoms with Gasteiger partial charge in [-0.1, -0.05) is 20.8 Å². The minimum atomic E-state index is -0.650. The molecule has 0 radical (unpaired) electrons. The normalized spacial score (nSPS) is 13.1. The van der Waals surface area contributed by atoms with Gasteiger partial charge in [0.1, 0.15) is 11.5 Å². The third-order valence-electron chi connectivity index (χ3n) is 2.57. The first-order valence-corrected chi connectivity index (χ1v) is 6.17. The Balaban J connectivity index is 2.58. The first kappa shape index (κ1) is 15.3. The highest BCUT2D eigenvalue weighted by atomic mass is 16.3. The molecule has 1 aromatic carbocycles. The molecule has 1 amide bonds. The predicted molar refractivity (Wildman–Crippen MR) is 72.2 cm³/mol. The third-order valence-corrected chi connectivity index (χ3v) is 2.57. The number of amides is 1. The van der Waals surface area contributed by atoms with Crippen LogP contribution in [0, 0.1) is 5.41 Å². The van der Waals surface area contributed by atoms with Gasteiger partial charge in [-0.05, 0) is 30.0 Å². The second kappa shape index (κ2) is 5.93. The summed E-state index contributed by atoms with van der Waals surface area (Å²) in [4.78, 5) is 11.8. The fourth-order valence-electron chi connectivity index (χ4n) is 1.79. The molecule has 1 rings (SSSR count). The van der Waals surface area contributed by atoms with Crippen molar-refractivity contribution in [2.24, 2.45) is 5.41 Å². The van der Waals surface area contributed by atoms with Crippen molar-refractivity contribution >= 4 is 5.91 Å². The fraction of sp³-hybridized carbons (Fsp3) is 0.500. The first-order chi connectivity index (χ1) is 8.69. The second-order valence-electron chi connectivity index (χ2n) is 5.83. The molecule has 19 heavy (non-hydrogen) atoms. The quantitative estimate of drug-likeness (QED) is 0.624. The lowest BCUT2D eigenvalue weighted by atomic mass is 9.89. The molecule has 0 aliphatic carbocycles. The van der Waals surface area contributed by atoms with Crippen LogP contribution in [0.5, 0.6) is 11.5 Å². The fourth-order valence-corrected chi connectivity index (χ4v) is 1.79. The van der Waals surface area contributed by atoms with Gasteiger partial charge in [0, 0.05) is 6.54 Å². The molecule has 0 fully saturated rings. The van der Waals surface area contributed by atoms with E-state index in [0.717, 1.165) is 0 Å². The Bertz CT molecular complexity index is 451. The van der Waals surface area contributed by atoms with Gasteiger partial charge in [-0.25, -0.2) is 0 Å². The van der Waals surface area contributed by atoms with Crippen LogP contribution in [0.15, 0.2) is 18.2 Å². The third kappa shape index (κ3) is 5.18. The summed E-state index contributed by atoms with van der Waals surface area (Å²) in [5.74, 6) is -0.833. The number of carbonyl (C=O) groups is 1. The molecule has 1 aromatic rings. The Morgan fingerprint density at radius 1 is 1.32 bits per heavy atom. The lowest BCUT2D eigenvalue weighted by Gasteiger charge is -2.22. The molecule has 1 unspecified atom stereocenters. The lowest BCUT2D eigenvalue weighted by molar-refractivity contribution is 0.0866. The Kier molecular flexibility index (Phi) is 4.78. The van der Waals surface area contributed by atoms with E-state index in [4.69, 9.17) is 0 Å². The minimum Gasteiger partial charge on any atom is -0.508 e. The van der Waals surface area contributed by atoms with Crippen LogP contribution in [0.4, 0.5) is 0 Å². The van der Waals surface area contributed by atoms with Gasteiger partial charge in [0.15, 0.2) is 0 Å². The predicted octanol–water partition coefficient (Wildman–Crippen LogP) is 1.62. The van der Waals surface area contributed by atoms with E-state index in [9.17, 15) is 20.1 Å². The zero-order valence-corrected chi connectivity index (χ0v) is 11.5. The molecular weight excluding hydrogens is 246 g/mol. The van der Waals surface area contributed by atoms with Crippen LogP contribution >= 0.6 is 0 Å². The SMILES string of the molecule is CC(C)(C)CC(O)CNC(=O)c1cc(O)ccc1O. The molecule has 106 valence electrons. The van der Waals surface area contributed by atoms with E-state index in [-0.39, 0.29) is 29.0 Å². The van der Waals surface area contributed by atoms with Crippen molar-refractivity contribution in [2.75, 3.05) is 6.54 Å². The topological polar surface area (TPSA) is 89.8 Å². The van der Waals surface area contributed by atoms with Crippen LogP contribution in [-0.2, 0) is 0 Å². The van der Waals surface area contributed by atoms with Crippen molar-refractivity contribution in [3.8, 4) is 11.5 Å². The van der Waals surface area contributed by atoms with Gasteiger partial charge in [-0.15, -0.1) is 0 Å². The number of aromatic hydroxyl groups is 2. The van der Waals surface area contributed by atoms with Crippen molar-refractivity contribution < 1.29 is 20.1 Å². The molecule has 1 atom stereocenters. The van der Waals surface area contributed by atoms with Gasteiger partial charge in [0.05, 0.1) is 11.7 Å². The van der Waals surface area contributed by atoms with Gasteiger partial charge in [0.25, 0.3) is 5.91 Å². The molecule has 0 aliphatic heterocycles. The van der Waals surface area contributed by atoms with Gasteiger partial charge in [0.2, 0.25) is 0 Å². The van der Waals surface area contributed by atoms with Crippen LogP contribution in [0.25, 0.3) is 0 Å². The van der Waals surface area contributed by atoms with Crippen molar-refractivity contribution in [1.82, 2.24) is 5.32 Å². The summed E-state index contributed by atoms with van der Waals surface area (Å²) >= 11 is 0. The maximum atomic E-state index is 11.8. The molecular formula is C14H21NO4. The largest absolute Gasteiger partial charge is 0.508 e. The van der Waals surface area contributed by atoms with Gasteiger partial charge >= 0.3 is 0 Å². The molecule has 0 heterocycles. The highest BCUT2D eigenvalue weighted by molar-refractivity contribution is 5.97. The van der Waals surface area contributed by atoms with E-state index in [1.54, 1.807) is 0 Å². The molecule has 4 N–H and O–H groups in total. The standard InChI is InChI=1S/C14H21NO4/c1-14(2,3)7-10(17)8-15-13(19)11-6-9(16)4-5-12(11)18/h4-6,10,16-18H,7-8H2,1-3H3,(H,15,19). The molecule has 0 bridgehead atoms. The zero-order valence-electron chi connectivity index (χ0n) is 11.5. The number of phenols is 2. The van der Waals surface area contributed by atoms with E-state index in [1.165, 1.54) is 18.2 Å². The average molecular weight is 267 g/mol. The maximum Gasteiger partial charge on any atom is 0.255 e. The van der Waals surface area contributed by atoms with Crippen LogP contribution in [0.2, 0.25) is 0 Å². The summed E-state index contributed by atoms with van der Waals surface area (Å²) in [5, 5.41) is 31.1. The van der Waals surface area contributed by atoms with Crippen LogP contribution in [-0.4, -0.2) is 33.9 Å². The number of carbonyl (C=O) groups excluding carboxylic acids is 1. The lowest BCUT2D eigenvalue weighted by Crippen LogP contribution is -2.34. The van der Waals surface area contributed by atoms with Gasteiger partial charge in [-0.2, -0.15) is 0 Å². The van der Waals surface area contributed by atoms with Crippen molar-refractivity contribution in [3.63, 3.8) is 0 Å². The average Bonchev–Trinajstić information content (AvgIpc) is 2.27. The smallest absolute Gasteiger partial charge is 0.255 e. The summed E-state index contributed by atoms with van der Waals surface area (Å²) in [6.07, 6.45) is -0.0948. The first-order valence-electron chi connectivity index (χ1n) is 6.17. The number of hydrogen-bond acceptors (Lipinski definition) is 4. The van der Waals surface area contributed by atoms with E-state index < -0.39 is 12.0 Å². The molecule has 5 heteroatoms. The number of phenolic OH excluding ortho intramolecular Hbond substituents is 2. The number of hydrogen-bond donors (Lipinski definition) is 4. The minimum absolute atomic E-state index is 0.0111.